The molecule has 0 fully saturated rings. The fourth-order valence-electron chi connectivity index (χ4n) is 1.64. The quantitative estimate of drug-likeness (QED) is 0.793. The molecule has 3 nitrogen and oxygen atoms in total. The standard InChI is InChI=1S/C12H15ClN2OS/c1-5-12(3,16-4)11-14-9(13)8-6-7(2)17-10(8)15-11/h6H,5H2,1-4H3. The van der Waals surface area contributed by atoms with Crippen molar-refractivity contribution in [1.82, 2.24) is 9.97 Å². The Morgan fingerprint density at radius 1 is 1.47 bits per heavy atom. The normalized spacial score (nSPS) is 15.1. The monoisotopic (exact) mass is 270 g/mol. The van der Waals surface area contributed by atoms with E-state index in [2.05, 4.69) is 9.97 Å². The van der Waals surface area contributed by atoms with Crippen LogP contribution in [0.5, 0.6) is 0 Å². The lowest BCUT2D eigenvalue weighted by molar-refractivity contribution is -0.00864. The molecule has 5 heteroatoms. The van der Waals surface area contributed by atoms with Crippen LogP contribution in [0.4, 0.5) is 0 Å². The molecule has 17 heavy (non-hydrogen) atoms. The smallest absolute Gasteiger partial charge is 0.163 e. The maximum absolute atomic E-state index is 6.20. The SMILES string of the molecule is CCC(C)(OC)c1nc(Cl)c2cc(C)sc2n1. The van der Waals surface area contributed by atoms with Crippen LogP contribution >= 0.6 is 22.9 Å². The number of methoxy groups -OCH3 is 1. The number of nitrogens with zero attached hydrogens (tertiary/aromatic N) is 2. The molecule has 2 rings (SSSR count). The van der Waals surface area contributed by atoms with E-state index >= 15 is 0 Å². The molecule has 0 aromatic carbocycles. The Morgan fingerprint density at radius 3 is 2.76 bits per heavy atom. The van der Waals surface area contributed by atoms with Gasteiger partial charge in [-0.05, 0) is 26.3 Å². The van der Waals surface area contributed by atoms with E-state index in [9.17, 15) is 0 Å². The van der Waals surface area contributed by atoms with Crippen molar-refractivity contribution in [2.45, 2.75) is 32.8 Å². The van der Waals surface area contributed by atoms with E-state index in [0.29, 0.717) is 11.0 Å². The van der Waals surface area contributed by atoms with E-state index in [4.69, 9.17) is 16.3 Å². The highest BCUT2D eigenvalue weighted by Gasteiger charge is 2.28. The molecule has 0 spiro atoms. The van der Waals surface area contributed by atoms with E-state index < -0.39 is 5.60 Å². The second kappa shape index (κ2) is 4.52. The summed E-state index contributed by atoms with van der Waals surface area (Å²) in [7, 11) is 1.67. The average Bonchev–Trinajstić information content (AvgIpc) is 2.69. The Bertz CT molecular complexity index is 549. The van der Waals surface area contributed by atoms with E-state index in [1.807, 2.05) is 26.8 Å². The van der Waals surface area contributed by atoms with Gasteiger partial charge in [0.1, 0.15) is 15.6 Å². The molecule has 0 radical (unpaired) electrons. The third-order valence-corrected chi connectivity index (χ3v) is 4.30. The zero-order valence-corrected chi connectivity index (χ0v) is 11.9. The largest absolute Gasteiger partial charge is 0.371 e. The van der Waals surface area contributed by atoms with Gasteiger partial charge < -0.3 is 4.74 Å². The van der Waals surface area contributed by atoms with Crippen LogP contribution in [-0.4, -0.2) is 17.1 Å². The first-order valence-corrected chi connectivity index (χ1v) is 6.69. The van der Waals surface area contributed by atoms with Gasteiger partial charge in [0.05, 0.1) is 0 Å². The number of rotatable bonds is 3. The third kappa shape index (κ3) is 2.17. The fraction of sp³-hybridized carbons (Fsp3) is 0.500. The summed E-state index contributed by atoms with van der Waals surface area (Å²) < 4.78 is 5.50. The summed E-state index contributed by atoms with van der Waals surface area (Å²) in [6.45, 7) is 6.06. The van der Waals surface area contributed by atoms with Gasteiger partial charge in [0.15, 0.2) is 5.82 Å². The van der Waals surface area contributed by atoms with Gasteiger partial charge in [-0.2, -0.15) is 0 Å². The molecule has 2 aromatic rings. The zero-order chi connectivity index (χ0) is 12.6. The fourth-order valence-corrected chi connectivity index (χ4v) is 2.80. The molecule has 1 atom stereocenters. The van der Waals surface area contributed by atoms with E-state index in [1.165, 1.54) is 4.88 Å². The van der Waals surface area contributed by atoms with Crippen molar-refractivity contribution >= 4 is 33.2 Å². The Balaban J connectivity index is 2.64. The summed E-state index contributed by atoms with van der Waals surface area (Å²) in [6.07, 6.45) is 0.801. The summed E-state index contributed by atoms with van der Waals surface area (Å²) in [5.74, 6) is 0.654. The molecule has 0 saturated carbocycles. The molecule has 1 unspecified atom stereocenters. The van der Waals surface area contributed by atoms with Gasteiger partial charge in [-0.15, -0.1) is 11.3 Å². The van der Waals surface area contributed by atoms with Crippen molar-refractivity contribution in [1.29, 1.82) is 0 Å². The molecule has 0 aliphatic heterocycles. The summed E-state index contributed by atoms with van der Waals surface area (Å²) in [5.41, 5.74) is -0.476. The van der Waals surface area contributed by atoms with Crippen LogP contribution in [-0.2, 0) is 10.3 Å². The van der Waals surface area contributed by atoms with Crippen molar-refractivity contribution < 1.29 is 4.74 Å². The van der Waals surface area contributed by atoms with Gasteiger partial charge in [-0.1, -0.05) is 18.5 Å². The van der Waals surface area contributed by atoms with Gasteiger partial charge in [-0.3, -0.25) is 0 Å². The molecule has 2 aromatic heterocycles. The highest BCUT2D eigenvalue weighted by molar-refractivity contribution is 7.18. The topological polar surface area (TPSA) is 35.0 Å². The average molecular weight is 271 g/mol. The minimum Gasteiger partial charge on any atom is -0.371 e. The number of aromatic nitrogens is 2. The maximum atomic E-state index is 6.20. The lowest BCUT2D eigenvalue weighted by atomic mass is 10.0. The van der Waals surface area contributed by atoms with Crippen LogP contribution in [0.15, 0.2) is 6.07 Å². The second-order valence-electron chi connectivity index (χ2n) is 4.20. The second-order valence-corrected chi connectivity index (χ2v) is 5.80. The van der Waals surface area contributed by atoms with Crippen molar-refractivity contribution in [3.8, 4) is 0 Å². The van der Waals surface area contributed by atoms with Crippen LogP contribution in [0, 0.1) is 6.92 Å². The molecule has 0 aliphatic rings. The van der Waals surface area contributed by atoms with Crippen molar-refractivity contribution in [2.24, 2.45) is 0 Å². The van der Waals surface area contributed by atoms with Gasteiger partial charge >= 0.3 is 0 Å². The predicted molar refractivity (Wildman–Crippen MR) is 71.8 cm³/mol. The molecule has 0 N–H and O–H groups in total. The number of thiophene rings is 1. The predicted octanol–water partition coefficient (Wildman–Crippen LogP) is 3.92. The zero-order valence-electron chi connectivity index (χ0n) is 10.4. The van der Waals surface area contributed by atoms with Crippen molar-refractivity contribution in [3.63, 3.8) is 0 Å². The molecule has 0 saturated heterocycles. The van der Waals surface area contributed by atoms with Crippen LogP contribution in [0.25, 0.3) is 10.2 Å². The van der Waals surface area contributed by atoms with Gasteiger partial charge in [0.2, 0.25) is 0 Å². The van der Waals surface area contributed by atoms with Crippen molar-refractivity contribution in [3.05, 3.63) is 21.9 Å². The number of hydrogen-bond donors (Lipinski definition) is 0. The summed E-state index contributed by atoms with van der Waals surface area (Å²) in [5, 5.41) is 1.43. The Hall–Kier alpha value is -0.710. The Kier molecular flexibility index (Phi) is 3.39. The molecule has 2 heterocycles. The van der Waals surface area contributed by atoms with E-state index in [1.54, 1.807) is 18.4 Å². The van der Waals surface area contributed by atoms with Gasteiger partial charge in [-0.25, -0.2) is 9.97 Å². The van der Waals surface area contributed by atoms with Crippen molar-refractivity contribution in [2.75, 3.05) is 7.11 Å². The number of ether oxygens (including phenoxy) is 1. The lowest BCUT2D eigenvalue weighted by Gasteiger charge is -2.24. The molecular formula is C12H15ClN2OS. The minimum absolute atomic E-state index is 0.476. The van der Waals surface area contributed by atoms with Gasteiger partial charge in [0, 0.05) is 17.4 Å². The van der Waals surface area contributed by atoms with Crippen LogP contribution in [0.2, 0.25) is 5.15 Å². The Morgan fingerprint density at radius 2 is 2.18 bits per heavy atom. The molecule has 0 bridgehead atoms. The molecular weight excluding hydrogens is 256 g/mol. The summed E-state index contributed by atoms with van der Waals surface area (Å²) >= 11 is 7.82. The molecule has 0 aliphatic carbocycles. The first-order chi connectivity index (χ1) is 8.00. The number of hydrogen-bond acceptors (Lipinski definition) is 4. The molecule has 92 valence electrons. The van der Waals surface area contributed by atoms with Crippen LogP contribution in [0.1, 0.15) is 31.0 Å². The first kappa shape index (κ1) is 12.7. The number of aryl methyl sites for hydroxylation is 1. The minimum atomic E-state index is -0.476. The number of fused-ring (bicyclic) bond motifs is 1. The van der Waals surface area contributed by atoms with Gasteiger partial charge in [0.25, 0.3) is 0 Å². The highest BCUT2D eigenvalue weighted by atomic mass is 35.5. The first-order valence-electron chi connectivity index (χ1n) is 5.49. The van der Waals surface area contributed by atoms with Crippen LogP contribution in [0.3, 0.4) is 0 Å². The molecule has 0 amide bonds. The maximum Gasteiger partial charge on any atom is 0.163 e. The third-order valence-electron chi connectivity index (χ3n) is 3.07. The summed E-state index contributed by atoms with van der Waals surface area (Å²) in [4.78, 5) is 11.0. The lowest BCUT2D eigenvalue weighted by Crippen LogP contribution is -2.26. The van der Waals surface area contributed by atoms with E-state index in [-0.39, 0.29) is 0 Å². The number of halogens is 1. The van der Waals surface area contributed by atoms with Crippen LogP contribution < -0.4 is 0 Å². The van der Waals surface area contributed by atoms with E-state index in [0.717, 1.165) is 16.6 Å². The summed E-state index contributed by atoms with van der Waals surface area (Å²) in [6, 6.07) is 2.02. The Labute approximate surface area is 110 Å². The highest BCUT2D eigenvalue weighted by Crippen LogP contribution is 2.32.